The number of hydrogen-bond donors (Lipinski definition) is 1. The Morgan fingerprint density at radius 2 is 2.00 bits per heavy atom. The van der Waals surface area contributed by atoms with E-state index in [2.05, 4.69) is 36.3 Å². The number of aromatic nitrogens is 1. The molecule has 1 aromatic heterocycles. The lowest BCUT2D eigenvalue weighted by atomic mass is 9.65. The van der Waals surface area contributed by atoms with Gasteiger partial charge in [-0.05, 0) is 43.1 Å². The Bertz CT molecular complexity index is 346. The van der Waals surface area contributed by atoms with Crippen molar-refractivity contribution in [2.75, 3.05) is 26.8 Å². The fourth-order valence-corrected chi connectivity index (χ4v) is 2.89. The van der Waals surface area contributed by atoms with Crippen molar-refractivity contribution >= 4 is 0 Å². The van der Waals surface area contributed by atoms with Crippen molar-refractivity contribution in [3.63, 3.8) is 0 Å². The Morgan fingerprint density at radius 3 is 2.41 bits per heavy atom. The molecule has 1 saturated heterocycles. The van der Waals surface area contributed by atoms with E-state index >= 15 is 0 Å². The zero-order chi connectivity index (χ0) is 12.3. The van der Waals surface area contributed by atoms with Crippen molar-refractivity contribution in [2.45, 2.75) is 19.3 Å². The summed E-state index contributed by atoms with van der Waals surface area (Å²) in [5, 5.41) is 3.32. The molecule has 3 nitrogen and oxygen atoms in total. The van der Waals surface area contributed by atoms with Gasteiger partial charge in [0.05, 0.1) is 13.2 Å². The summed E-state index contributed by atoms with van der Waals surface area (Å²) in [6.45, 7) is 7.29. The van der Waals surface area contributed by atoms with E-state index in [1.165, 1.54) is 5.56 Å². The Labute approximate surface area is 104 Å². The molecule has 1 aromatic rings. The first-order valence-corrected chi connectivity index (χ1v) is 6.33. The van der Waals surface area contributed by atoms with Gasteiger partial charge in [-0.1, -0.05) is 13.8 Å². The number of ether oxygens (including phenoxy) is 1. The molecular weight excluding hydrogens is 212 g/mol. The Morgan fingerprint density at radius 1 is 1.35 bits per heavy atom. The highest BCUT2D eigenvalue weighted by Gasteiger charge is 2.47. The molecule has 0 amide bonds. The molecule has 1 aliphatic rings. The van der Waals surface area contributed by atoms with Crippen molar-refractivity contribution in [3.8, 4) is 0 Å². The standard InChI is InChI=1S/C14H22N2O/c1-11(2)13(8-15-3)14(9-17-10-14)12-4-6-16-7-5-12/h4-7,11,13,15H,8-10H2,1-3H3. The first-order valence-electron chi connectivity index (χ1n) is 6.33. The molecule has 0 saturated carbocycles. The quantitative estimate of drug-likeness (QED) is 0.844. The van der Waals surface area contributed by atoms with Crippen LogP contribution in [0.1, 0.15) is 19.4 Å². The van der Waals surface area contributed by atoms with Crippen molar-refractivity contribution < 1.29 is 4.74 Å². The first-order chi connectivity index (χ1) is 8.20. The summed E-state index contributed by atoms with van der Waals surface area (Å²) in [4.78, 5) is 4.11. The van der Waals surface area contributed by atoms with Gasteiger partial charge >= 0.3 is 0 Å². The van der Waals surface area contributed by atoms with E-state index in [0.717, 1.165) is 19.8 Å². The molecule has 1 atom stereocenters. The van der Waals surface area contributed by atoms with Gasteiger partial charge in [-0.3, -0.25) is 4.98 Å². The maximum absolute atomic E-state index is 5.52. The summed E-state index contributed by atoms with van der Waals surface area (Å²) in [7, 11) is 2.02. The van der Waals surface area contributed by atoms with E-state index in [4.69, 9.17) is 4.74 Å². The van der Waals surface area contributed by atoms with Crippen molar-refractivity contribution in [2.24, 2.45) is 11.8 Å². The summed E-state index contributed by atoms with van der Waals surface area (Å²) in [6.07, 6.45) is 3.76. The maximum Gasteiger partial charge on any atom is 0.0588 e. The fourth-order valence-electron chi connectivity index (χ4n) is 2.89. The second kappa shape index (κ2) is 5.15. The minimum absolute atomic E-state index is 0.181. The normalized spacial score (nSPS) is 20.0. The summed E-state index contributed by atoms with van der Waals surface area (Å²) >= 11 is 0. The lowest BCUT2D eigenvalue weighted by molar-refractivity contribution is -0.0995. The van der Waals surface area contributed by atoms with Crippen molar-refractivity contribution in [1.82, 2.24) is 10.3 Å². The Kier molecular flexibility index (Phi) is 3.79. The molecule has 2 heterocycles. The highest BCUT2D eigenvalue weighted by Crippen LogP contribution is 2.42. The van der Waals surface area contributed by atoms with Crippen LogP contribution in [0.15, 0.2) is 24.5 Å². The molecule has 0 bridgehead atoms. The maximum atomic E-state index is 5.52. The smallest absolute Gasteiger partial charge is 0.0588 e. The molecule has 0 aromatic carbocycles. The molecule has 1 fully saturated rings. The van der Waals surface area contributed by atoms with Gasteiger partial charge in [0, 0.05) is 17.8 Å². The van der Waals surface area contributed by atoms with Crippen molar-refractivity contribution in [3.05, 3.63) is 30.1 Å². The van der Waals surface area contributed by atoms with Gasteiger partial charge in [-0.2, -0.15) is 0 Å². The monoisotopic (exact) mass is 234 g/mol. The summed E-state index contributed by atoms with van der Waals surface area (Å²) in [5.74, 6) is 1.24. The zero-order valence-corrected chi connectivity index (χ0v) is 10.9. The molecule has 0 radical (unpaired) electrons. The second-order valence-corrected chi connectivity index (χ2v) is 5.29. The zero-order valence-electron chi connectivity index (χ0n) is 10.9. The molecule has 17 heavy (non-hydrogen) atoms. The predicted molar refractivity (Wildman–Crippen MR) is 69.0 cm³/mol. The number of nitrogens with one attached hydrogen (secondary N) is 1. The molecule has 3 heteroatoms. The Hall–Kier alpha value is -0.930. The molecule has 1 N–H and O–H groups in total. The van der Waals surface area contributed by atoms with Gasteiger partial charge in [0.15, 0.2) is 0 Å². The van der Waals surface area contributed by atoms with Gasteiger partial charge < -0.3 is 10.1 Å². The predicted octanol–water partition coefficient (Wildman–Crippen LogP) is 1.84. The number of pyridine rings is 1. The van der Waals surface area contributed by atoms with Crippen LogP contribution in [-0.4, -0.2) is 31.8 Å². The lowest BCUT2D eigenvalue weighted by Gasteiger charge is -2.49. The molecule has 0 aliphatic carbocycles. The first kappa shape index (κ1) is 12.5. The van der Waals surface area contributed by atoms with E-state index in [1.807, 2.05) is 19.4 Å². The van der Waals surface area contributed by atoms with E-state index < -0.39 is 0 Å². The number of nitrogens with zero attached hydrogens (tertiary/aromatic N) is 1. The van der Waals surface area contributed by atoms with Crippen LogP contribution in [0.5, 0.6) is 0 Å². The van der Waals surface area contributed by atoms with E-state index in [1.54, 1.807) is 0 Å². The third-order valence-corrected chi connectivity index (χ3v) is 3.91. The highest BCUT2D eigenvalue weighted by molar-refractivity contribution is 5.27. The van der Waals surface area contributed by atoms with Gasteiger partial charge in [0.25, 0.3) is 0 Å². The van der Waals surface area contributed by atoms with Crippen LogP contribution in [0.4, 0.5) is 0 Å². The topological polar surface area (TPSA) is 34.2 Å². The number of hydrogen-bond acceptors (Lipinski definition) is 3. The third-order valence-electron chi connectivity index (χ3n) is 3.91. The van der Waals surface area contributed by atoms with Gasteiger partial charge in [0.1, 0.15) is 0 Å². The molecule has 2 rings (SSSR count). The third kappa shape index (κ3) is 2.22. The van der Waals surface area contributed by atoms with E-state index in [0.29, 0.717) is 11.8 Å². The van der Waals surface area contributed by atoms with E-state index in [9.17, 15) is 0 Å². The summed E-state index contributed by atoms with van der Waals surface area (Å²) in [6, 6.07) is 4.26. The average molecular weight is 234 g/mol. The summed E-state index contributed by atoms with van der Waals surface area (Å²) in [5.41, 5.74) is 1.55. The second-order valence-electron chi connectivity index (χ2n) is 5.29. The van der Waals surface area contributed by atoms with Crippen LogP contribution in [-0.2, 0) is 10.2 Å². The van der Waals surface area contributed by atoms with Crippen LogP contribution in [0.2, 0.25) is 0 Å². The van der Waals surface area contributed by atoms with E-state index in [-0.39, 0.29) is 5.41 Å². The number of rotatable bonds is 5. The minimum atomic E-state index is 0.181. The minimum Gasteiger partial charge on any atom is -0.379 e. The van der Waals surface area contributed by atoms with Crippen LogP contribution < -0.4 is 5.32 Å². The molecular formula is C14H22N2O. The lowest BCUT2D eigenvalue weighted by Crippen LogP contribution is -2.56. The van der Waals surface area contributed by atoms with Crippen LogP contribution in [0, 0.1) is 11.8 Å². The summed E-state index contributed by atoms with van der Waals surface area (Å²) < 4.78 is 5.52. The molecule has 94 valence electrons. The largest absolute Gasteiger partial charge is 0.379 e. The Balaban J connectivity index is 2.29. The molecule has 1 aliphatic heterocycles. The highest BCUT2D eigenvalue weighted by atomic mass is 16.5. The molecule has 0 spiro atoms. The fraction of sp³-hybridized carbons (Fsp3) is 0.643. The molecule has 1 unspecified atom stereocenters. The van der Waals surface area contributed by atoms with Crippen LogP contribution in [0.25, 0.3) is 0 Å². The average Bonchev–Trinajstić information content (AvgIpc) is 2.28. The SMILES string of the molecule is CNCC(C(C)C)C1(c2ccncc2)COC1. The van der Waals surface area contributed by atoms with Gasteiger partial charge in [-0.25, -0.2) is 0 Å². The van der Waals surface area contributed by atoms with Crippen LogP contribution >= 0.6 is 0 Å². The van der Waals surface area contributed by atoms with Gasteiger partial charge in [0.2, 0.25) is 0 Å². The van der Waals surface area contributed by atoms with Gasteiger partial charge in [-0.15, -0.1) is 0 Å². The van der Waals surface area contributed by atoms with Crippen LogP contribution in [0.3, 0.4) is 0 Å². The van der Waals surface area contributed by atoms with Crippen molar-refractivity contribution in [1.29, 1.82) is 0 Å².